The van der Waals surface area contributed by atoms with E-state index in [0.29, 0.717) is 11.9 Å². The summed E-state index contributed by atoms with van der Waals surface area (Å²) >= 11 is 0. The molecule has 0 saturated carbocycles. The zero-order valence-electron chi connectivity index (χ0n) is 11.6. The van der Waals surface area contributed by atoms with Crippen molar-refractivity contribution in [2.24, 2.45) is 0 Å². The van der Waals surface area contributed by atoms with E-state index >= 15 is 0 Å². The first-order chi connectivity index (χ1) is 10.7. The minimum absolute atomic E-state index is 0.137. The maximum Gasteiger partial charge on any atom is 0.278 e. The average Bonchev–Trinajstić information content (AvgIpc) is 3.14. The monoisotopic (exact) mass is 292 g/mol. The number of hydrogen-bond donors (Lipinski definition) is 1. The minimum Gasteiger partial charge on any atom is -0.346 e. The van der Waals surface area contributed by atoms with Gasteiger partial charge in [-0.15, -0.1) is 0 Å². The molecule has 0 fully saturated rings. The Bertz CT molecular complexity index is 1000. The molecule has 0 unspecified atom stereocenters. The summed E-state index contributed by atoms with van der Waals surface area (Å²) in [5.74, 6) is 0. The molecule has 6 heteroatoms. The molecular formula is C16H12N4O2. The molecular weight excluding hydrogens is 280 g/mol. The number of benzene rings is 1. The highest BCUT2D eigenvalue weighted by atomic mass is 16.6. The van der Waals surface area contributed by atoms with Gasteiger partial charge in [-0.05, 0) is 29.8 Å². The maximum atomic E-state index is 11.1. The van der Waals surface area contributed by atoms with E-state index in [-0.39, 0.29) is 10.6 Å². The van der Waals surface area contributed by atoms with Gasteiger partial charge in [0, 0.05) is 36.6 Å². The molecule has 4 aromatic rings. The Hall–Kier alpha value is -3.15. The number of non-ortho nitro benzene ring substituents is 1. The summed E-state index contributed by atoms with van der Waals surface area (Å²) in [6.45, 7) is 0.640. The van der Waals surface area contributed by atoms with E-state index in [1.807, 2.05) is 35.2 Å². The van der Waals surface area contributed by atoms with Crippen LogP contribution in [0, 0.1) is 10.1 Å². The molecule has 3 heterocycles. The first-order valence-corrected chi connectivity index (χ1v) is 6.87. The van der Waals surface area contributed by atoms with Crippen LogP contribution in [0.1, 0.15) is 5.56 Å². The predicted molar refractivity (Wildman–Crippen MR) is 83.8 cm³/mol. The molecule has 22 heavy (non-hydrogen) atoms. The number of nitro groups is 1. The molecule has 6 nitrogen and oxygen atoms in total. The Labute approximate surface area is 125 Å². The summed E-state index contributed by atoms with van der Waals surface area (Å²) in [6.07, 6.45) is 5.51. The van der Waals surface area contributed by atoms with E-state index in [9.17, 15) is 10.1 Å². The smallest absolute Gasteiger partial charge is 0.278 e. The lowest BCUT2D eigenvalue weighted by Gasteiger charge is -2.07. The maximum absolute atomic E-state index is 11.1. The second kappa shape index (κ2) is 4.70. The molecule has 0 atom stereocenters. The molecule has 0 aliphatic rings. The van der Waals surface area contributed by atoms with Crippen molar-refractivity contribution >= 4 is 27.6 Å². The van der Waals surface area contributed by atoms with Crippen molar-refractivity contribution in [3.8, 4) is 0 Å². The van der Waals surface area contributed by atoms with E-state index in [4.69, 9.17) is 0 Å². The van der Waals surface area contributed by atoms with Crippen LogP contribution < -0.4 is 0 Å². The molecule has 0 bridgehead atoms. The van der Waals surface area contributed by atoms with Gasteiger partial charge < -0.3 is 9.55 Å². The topological polar surface area (TPSA) is 76.8 Å². The second-order valence-electron chi connectivity index (χ2n) is 5.12. The molecule has 0 aliphatic carbocycles. The normalized spacial score (nSPS) is 11.3. The van der Waals surface area contributed by atoms with Gasteiger partial charge in [-0.2, -0.15) is 0 Å². The van der Waals surface area contributed by atoms with Crippen LogP contribution in [0.4, 0.5) is 5.69 Å². The number of nitro benzene ring substituents is 1. The average molecular weight is 292 g/mol. The molecule has 1 N–H and O–H groups in total. The number of hydrogen-bond acceptors (Lipinski definition) is 3. The predicted octanol–water partition coefficient (Wildman–Crippen LogP) is 3.47. The van der Waals surface area contributed by atoms with Crippen molar-refractivity contribution < 1.29 is 4.92 Å². The highest BCUT2D eigenvalue weighted by Gasteiger charge is 2.14. The van der Waals surface area contributed by atoms with Gasteiger partial charge >= 0.3 is 0 Å². The van der Waals surface area contributed by atoms with Crippen LogP contribution >= 0.6 is 0 Å². The van der Waals surface area contributed by atoms with Crippen molar-refractivity contribution in [1.82, 2.24) is 14.5 Å². The second-order valence-corrected chi connectivity index (χ2v) is 5.12. The number of fused-ring (bicyclic) bond motifs is 2. The van der Waals surface area contributed by atoms with Crippen LogP contribution in [0.5, 0.6) is 0 Å². The fourth-order valence-electron chi connectivity index (χ4n) is 2.84. The number of pyridine rings is 1. The van der Waals surface area contributed by atoms with E-state index < -0.39 is 0 Å². The zero-order valence-corrected chi connectivity index (χ0v) is 11.6. The molecule has 0 radical (unpaired) electrons. The number of rotatable bonds is 3. The van der Waals surface area contributed by atoms with Gasteiger partial charge in [-0.1, -0.05) is 6.07 Å². The minimum atomic E-state index is -0.344. The van der Waals surface area contributed by atoms with Crippen LogP contribution in [0.3, 0.4) is 0 Å². The van der Waals surface area contributed by atoms with Crippen molar-refractivity contribution in [3.05, 3.63) is 70.7 Å². The van der Waals surface area contributed by atoms with Crippen LogP contribution in [-0.4, -0.2) is 19.5 Å². The summed E-state index contributed by atoms with van der Waals surface area (Å²) in [5.41, 5.74) is 2.96. The lowest BCUT2D eigenvalue weighted by Crippen LogP contribution is -1.99. The standard InChI is InChI=1S/C16H12N4O2/c21-20(22)15-3-1-2-14-13(15)6-9-19(14)10-11-4-7-17-16-12(11)5-8-18-16/h1-9H,10H2,(H,17,18). The lowest BCUT2D eigenvalue weighted by atomic mass is 10.2. The fraction of sp³-hybridized carbons (Fsp3) is 0.0625. The van der Waals surface area contributed by atoms with Crippen molar-refractivity contribution in [1.29, 1.82) is 0 Å². The number of H-pyrrole nitrogens is 1. The molecule has 108 valence electrons. The van der Waals surface area contributed by atoms with E-state index in [1.165, 1.54) is 6.07 Å². The summed E-state index contributed by atoms with van der Waals surface area (Å²) in [4.78, 5) is 18.1. The quantitative estimate of drug-likeness (QED) is 0.464. The molecule has 1 aromatic carbocycles. The van der Waals surface area contributed by atoms with Gasteiger partial charge in [0.2, 0.25) is 0 Å². The number of aromatic amines is 1. The molecule has 0 aliphatic heterocycles. The SMILES string of the molecule is O=[N+]([O-])c1cccc2c1ccn2Cc1ccnc2[nH]ccc12. The molecule has 4 rings (SSSR count). The van der Waals surface area contributed by atoms with Gasteiger partial charge in [0.25, 0.3) is 5.69 Å². The van der Waals surface area contributed by atoms with Crippen LogP contribution in [0.25, 0.3) is 21.9 Å². The van der Waals surface area contributed by atoms with Gasteiger partial charge in [0.15, 0.2) is 0 Å². The number of nitrogens with zero attached hydrogens (tertiary/aromatic N) is 3. The molecule has 0 saturated heterocycles. The van der Waals surface area contributed by atoms with E-state index in [2.05, 4.69) is 9.97 Å². The summed E-state index contributed by atoms with van der Waals surface area (Å²) in [7, 11) is 0. The van der Waals surface area contributed by atoms with Crippen molar-refractivity contribution in [2.45, 2.75) is 6.54 Å². The molecule has 0 spiro atoms. The fourth-order valence-corrected chi connectivity index (χ4v) is 2.84. The largest absolute Gasteiger partial charge is 0.346 e. The number of nitrogens with one attached hydrogen (secondary N) is 1. The Morgan fingerprint density at radius 2 is 2.09 bits per heavy atom. The lowest BCUT2D eigenvalue weighted by molar-refractivity contribution is -0.383. The molecule has 0 amide bonds. The molecule has 3 aromatic heterocycles. The summed E-state index contributed by atoms with van der Waals surface area (Å²) in [6, 6.07) is 10.9. The van der Waals surface area contributed by atoms with Gasteiger partial charge in [-0.25, -0.2) is 4.98 Å². The van der Waals surface area contributed by atoms with Crippen molar-refractivity contribution in [3.63, 3.8) is 0 Å². The summed E-state index contributed by atoms with van der Waals surface area (Å²) in [5, 5.41) is 12.8. The Morgan fingerprint density at radius 3 is 2.95 bits per heavy atom. The third-order valence-corrected chi connectivity index (χ3v) is 3.88. The van der Waals surface area contributed by atoms with Gasteiger partial charge in [0.1, 0.15) is 5.65 Å². The first kappa shape index (κ1) is 12.6. The Morgan fingerprint density at radius 1 is 1.18 bits per heavy atom. The zero-order chi connectivity index (χ0) is 15.1. The third-order valence-electron chi connectivity index (χ3n) is 3.88. The first-order valence-electron chi connectivity index (χ1n) is 6.87. The van der Waals surface area contributed by atoms with E-state index in [1.54, 1.807) is 18.3 Å². The Balaban J connectivity index is 1.84. The van der Waals surface area contributed by atoms with Crippen LogP contribution in [0.15, 0.2) is 55.0 Å². The van der Waals surface area contributed by atoms with Crippen LogP contribution in [-0.2, 0) is 6.54 Å². The highest BCUT2D eigenvalue weighted by molar-refractivity contribution is 5.89. The van der Waals surface area contributed by atoms with Crippen LogP contribution in [0.2, 0.25) is 0 Å². The van der Waals surface area contributed by atoms with Gasteiger partial charge in [0.05, 0.1) is 15.8 Å². The van der Waals surface area contributed by atoms with Crippen molar-refractivity contribution in [2.75, 3.05) is 0 Å². The third kappa shape index (κ3) is 1.85. The van der Waals surface area contributed by atoms with E-state index in [0.717, 1.165) is 22.1 Å². The van der Waals surface area contributed by atoms with Gasteiger partial charge in [-0.3, -0.25) is 10.1 Å². The Kier molecular flexibility index (Phi) is 2.69. The number of aromatic nitrogens is 3. The summed E-state index contributed by atoms with van der Waals surface area (Å²) < 4.78 is 2.02. The highest BCUT2D eigenvalue weighted by Crippen LogP contribution is 2.27.